The Kier molecular flexibility index (Phi) is 2.76. The molecule has 0 fully saturated rings. The average molecular weight is 181 g/mol. The summed E-state index contributed by atoms with van der Waals surface area (Å²) in [5.41, 5.74) is 1.34. The zero-order chi connectivity index (χ0) is 10.0. The minimum Gasteiger partial charge on any atom is -0.478 e. The lowest BCUT2D eigenvalue weighted by molar-refractivity contribution is 0.0695. The molecular formula is C10H15NO2. The number of aromatic nitrogens is 1. The van der Waals surface area contributed by atoms with Crippen LogP contribution < -0.4 is 0 Å². The van der Waals surface area contributed by atoms with Gasteiger partial charge in [0.05, 0.1) is 5.56 Å². The van der Waals surface area contributed by atoms with Gasteiger partial charge in [0.2, 0.25) is 0 Å². The van der Waals surface area contributed by atoms with E-state index in [2.05, 4.69) is 0 Å². The summed E-state index contributed by atoms with van der Waals surface area (Å²) in [6, 6.07) is 1.67. The average Bonchev–Trinajstić information content (AvgIpc) is 2.46. The maximum absolute atomic E-state index is 10.8. The molecule has 1 aromatic heterocycles. The van der Waals surface area contributed by atoms with Crippen LogP contribution in [0.25, 0.3) is 0 Å². The van der Waals surface area contributed by atoms with Gasteiger partial charge in [-0.15, -0.1) is 0 Å². The third kappa shape index (κ3) is 1.74. The summed E-state index contributed by atoms with van der Waals surface area (Å²) in [7, 11) is 0. The number of nitrogens with zero attached hydrogens (tertiary/aromatic N) is 1. The van der Waals surface area contributed by atoms with Crippen LogP contribution in [0, 0.1) is 0 Å². The molecule has 1 rings (SSSR count). The third-order valence-corrected chi connectivity index (χ3v) is 2.12. The topological polar surface area (TPSA) is 42.2 Å². The van der Waals surface area contributed by atoms with Crippen LogP contribution in [0.1, 0.15) is 42.7 Å². The highest BCUT2D eigenvalue weighted by molar-refractivity contribution is 5.89. The molecule has 0 aromatic carbocycles. The number of hydrogen-bond acceptors (Lipinski definition) is 1. The minimum absolute atomic E-state index is 0.251. The van der Waals surface area contributed by atoms with Gasteiger partial charge in [0, 0.05) is 18.4 Å². The van der Waals surface area contributed by atoms with E-state index in [1.165, 1.54) is 0 Å². The Morgan fingerprint density at radius 2 is 2.23 bits per heavy atom. The van der Waals surface area contributed by atoms with Crippen LogP contribution in [-0.2, 0) is 6.54 Å². The fourth-order valence-electron chi connectivity index (χ4n) is 1.58. The van der Waals surface area contributed by atoms with Gasteiger partial charge in [-0.25, -0.2) is 4.79 Å². The summed E-state index contributed by atoms with van der Waals surface area (Å²) in [5, 5.41) is 8.91. The van der Waals surface area contributed by atoms with Gasteiger partial charge in [0.15, 0.2) is 0 Å². The molecule has 0 aliphatic rings. The van der Waals surface area contributed by atoms with E-state index in [0.29, 0.717) is 5.56 Å². The molecule has 72 valence electrons. The minimum atomic E-state index is -0.837. The quantitative estimate of drug-likeness (QED) is 0.777. The molecule has 1 heterocycles. The number of carbonyl (C=O) groups is 1. The summed E-state index contributed by atoms with van der Waals surface area (Å²) >= 11 is 0. The first-order chi connectivity index (χ1) is 6.07. The smallest absolute Gasteiger partial charge is 0.337 e. The molecule has 0 unspecified atom stereocenters. The summed E-state index contributed by atoms with van der Waals surface area (Å²) in [6.07, 6.45) is 1.83. The number of aryl methyl sites for hydroxylation is 1. The second-order valence-electron chi connectivity index (χ2n) is 3.36. The summed E-state index contributed by atoms with van der Waals surface area (Å²) in [5.74, 6) is -0.586. The van der Waals surface area contributed by atoms with Gasteiger partial charge in [0.1, 0.15) is 0 Å². The van der Waals surface area contributed by atoms with Crippen LogP contribution in [0.5, 0.6) is 0 Å². The van der Waals surface area contributed by atoms with Crippen molar-refractivity contribution >= 4 is 5.97 Å². The zero-order valence-electron chi connectivity index (χ0n) is 8.24. The van der Waals surface area contributed by atoms with Crippen molar-refractivity contribution in [2.45, 2.75) is 33.2 Å². The lowest BCUT2D eigenvalue weighted by Gasteiger charge is -2.10. The zero-order valence-corrected chi connectivity index (χ0v) is 8.24. The molecule has 0 saturated carbocycles. The monoisotopic (exact) mass is 181 g/mol. The highest BCUT2D eigenvalue weighted by atomic mass is 16.4. The van der Waals surface area contributed by atoms with E-state index in [1.54, 1.807) is 6.07 Å². The van der Waals surface area contributed by atoms with Crippen molar-refractivity contribution in [1.82, 2.24) is 4.57 Å². The van der Waals surface area contributed by atoms with Gasteiger partial charge in [-0.2, -0.15) is 0 Å². The fraction of sp³-hybridized carbons (Fsp3) is 0.500. The maximum Gasteiger partial charge on any atom is 0.337 e. The van der Waals surface area contributed by atoms with Gasteiger partial charge >= 0.3 is 5.97 Å². The Hall–Kier alpha value is -1.25. The first kappa shape index (κ1) is 9.84. The van der Waals surface area contributed by atoms with E-state index in [-0.39, 0.29) is 5.92 Å². The van der Waals surface area contributed by atoms with Crippen molar-refractivity contribution in [2.24, 2.45) is 0 Å². The van der Waals surface area contributed by atoms with Crippen molar-refractivity contribution in [3.05, 3.63) is 23.5 Å². The van der Waals surface area contributed by atoms with Gasteiger partial charge in [0.25, 0.3) is 0 Å². The molecule has 0 spiro atoms. The van der Waals surface area contributed by atoms with Crippen LogP contribution in [0.15, 0.2) is 12.3 Å². The molecule has 0 radical (unpaired) electrons. The summed E-state index contributed by atoms with van der Waals surface area (Å²) in [6.45, 7) is 6.85. The molecule has 0 aliphatic heterocycles. The second-order valence-corrected chi connectivity index (χ2v) is 3.36. The normalized spacial score (nSPS) is 10.8. The number of rotatable bonds is 3. The Bertz CT molecular complexity index is 313. The highest BCUT2D eigenvalue weighted by Gasteiger charge is 2.16. The molecular weight excluding hydrogens is 166 g/mol. The van der Waals surface area contributed by atoms with Crippen molar-refractivity contribution < 1.29 is 9.90 Å². The van der Waals surface area contributed by atoms with E-state index < -0.39 is 5.97 Å². The van der Waals surface area contributed by atoms with Gasteiger partial charge in [-0.3, -0.25) is 0 Å². The highest BCUT2D eigenvalue weighted by Crippen LogP contribution is 2.20. The molecule has 1 N–H and O–H groups in total. The summed E-state index contributed by atoms with van der Waals surface area (Å²) < 4.78 is 1.98. The van der Waals surface area contributed by atoms with Gasteiger partial charge < -0.3 is 9.67 Å². The third-order valence-electron chi connectivity index (χ3n) is 2.12. The van der Waals surface area contributed by atoms with Crippen molar-refractivity contribution in [3.8, 4) is 0 Å². The predicted molar refractivity (Wildman–Crippen MR) is 51.2 cm³/mol. The fourth-order valence-corrected chi connectivity index (χ4v) is 1.58. The first-order valence-corrected chi connectivity index (χ1v) is 4.50. The molecule has 1 aromatic rings. The number of carboxylic acid groups (broad SMARTS) is 1. The van der Waals surface area contributed by atoms with Crippen LogP contribution in [0.2, 0.25) is 0 Å². The summed E-state index contributed by atoms with van der Waals surface area (Å²) in [4.78, 5) is 10.8. The molecule has 0 aliphatic carbocycles. The number of hydrogen-bond donors (Lipinski definition) is 1. The molecule has 0 amide bonds. The standard InChI is InChI=1S/C10H15NO2/c1-4-11-6-5-8(10(12)13)9(11)7(2)3/h5-7H,4H2,1-3H3,(H,12,13). The van der Waals surface area contributed by atoms with E-state index in [1.807, 2.05) is 31.5 Å². The molecule has 0 bridgehead atoms. The van der Waals surface area contributed by atoms with E-state index >= 15 is 0 Å². The van der Waals surface area contributed by atoms with Crippen LogP contribution in [0.3, 0.4) is 0 Å². The first-order valence-electron chi connectivity index (χ1n) is 4.50. The van der Waals surface area contributed by atoms with Crippen molar-refractivity contribution in [3.63, 3.8) is 0 Å². The van der Waals surface area contributed by atoms with Crippen molar-refractivity contribution in [2.75, 3.05) is 0 Å². The van der Waals surface area contributed by atoms with Crippen LogP contribution in [0.4, 0.5) is 0 Å². The second kappa shape index (κ2) is 3.64. The van der Waals surface area contributed by atoms with Gasteiger partial charge in [-0.1, -0.05) is 13.8 Å². The van der Waals surface area contributed by atoms with Crippen molar-refractivity contribution in [1.29, 1.82) is 0 Å². The number of aromatic carboxylic acids is 1. The van der Waals surface area contributed by atoms with E-state index in [0.717, 1.165) is 12.2 Å². The lowest BCUT2D eigenvalue weighted by atomic mass is 10.1. The van der Waals surface area contributed by atoms with E-state index in [9.17, 15) is 4.79 Å². The predicted octanol–water partition coefficient (Wildman–Crippen LogP) is 2.33. The Labute approximate surface area is 78.0 Å². The Balaban J connectivity index is 3.22. The maximum atomic E-state index is 10.8. The Morgan fingerprint density at radius 3 is 2.62 bits per heavy atom. The molecule has 3 nitrogen and oxygen atoms in total. The molecule has 0 atom stereocenters. The van der Waals surface area contributed by atoms with Gasteiger partial charge in [-0.05, 0) is 18.9 Å². The molecule has 0 saturated heterocycles. The largest absolute Gasteiger partial charge is 0.478 e. The SMILES string of the molecule is CCn1ccc(C(=O)O)c1C(C)C. The molecule has 3 heteroatoms. The molecule has 13 heavy (non-hydrogen) atoms. The van der Waals surface area contributed by atoms with E-state index in [4.69, 9.17) is 5.11 Å². The lowest BCUT2D eigenvalue weighted by Crippen LogP contribution is -2.07. The number of carboxylic acids is 1. The Morgan fingerprint density at radius 1 is 1.62 bits per heavy atom. The van der Waals surface area contributed by atoms with Crippen LogP contribution >= 0.6 is 0 Å². The van der Waals surface area contributed by atoms with Crippen LogP contribution in [-0.4, -0.2) is 15.6 Å².